The largest absolute Gasteiger partial charge is 0.486 e. The molecule has 2 aromatic rings. The highest BCUT2D eigenvalue weighted by Crippen LogP contribution is 2.38. The lowest BCUT2D eigenvalue weighted by Crippen LogP contribution is -2.17. The third-order valence-corrected chi connectivity index (χ3v) is 3.76. The Labute approximate surface area is 149 Å². The van der Waals surface area contributed by atoms with Crippen molar-refractivity contribution < 1.29 is 23.7 Å². The van der Waals surface area contributed by atoms with Gasteiger partial charge in [0.25, 0.3) is 0 Å². The first-order valence-electron chi connectivity index (χ1n) is 7.24. The van der Waals surface area contributed by atoms with Gasteiger partial charge >= 0.3 is 5.97 Å². The summed E-state index contributed by atoms with van der Waals surface area (Å²) in [7, 11) is 0. The zero-order valence-electron chi connectivity index (χ0n) is 12.6. The van der Waals surface area contributed by atoms with Crippen LogP contribution in [0.2, 0.25) is 10.0 Å². The quantitative estimate of drug-likeness (QED) is 0.749. The van der Waals surface area contributed by atoms with E-state index in [0.29, 0.717) is 46.1 Å². The third-order valence-electron chi connectivity index (χ3n) is 3.23. The fourth-order valence-electron chi connectivity index (χ4n) is 2.13. The molecule has 126 valence electrons. The highest BCUT2D eigenvalue weighted by Gasteiger charge is 2.17. The molecule has 0 saturated heterocycles. The number of carbonyl (C=O) groups excluding carboxylic acids is 1. The molecule has 7 heteroatoms. The zero-order chi connectivity index (χ0) is 16.9. The van der Waals surface area contributed by atoms with Crippen molar-refractivity contribution in [3.05, 3.63) is 52.0 Å². The van der Waals surface area contributed by atoms with Crippen LogP contribution in [-0.4, -0.2) is 25.8 Å². The highest BCUT2D eigenvalue weighted by molar-refractivity contribution is 6.32. The number of carbonyl (C=O) groups is 1. The standard InChI is InChI=1S/C17H14Cl2O5/c18-12-1-3-13(4-2-12)23-10-16(20)24-9-11-7-14(19)17-15(8-11)21-5-6-22-17/h1-4,7-8H,5-6,9-10H2. The highest BCUT2D eigenvalue weighted by atomic mass is 35.5. The maximum Gasteiger partial charge on any atom is 0.344 e. The summed E-state index contributed by atoms with van der Waals surface area (Å²) in [6, 6.07) is 10.1. The van der Waals surface area contributed by atoms with Gasteiger partial charge in [0.05, 0.1) is 5.02 Å². The smallest absolute Gasteiger partial charge is 0.344 e. The van der Waals surface area contributed by atoms with Crippen molar-refractivity contribution in [1.82, 2.24) is 0 Å². The van der Waals surface area contributed by atoms with Crippen LogP contribution in [0, 0.1) is 0 Å². The van der Waals surface area contributed by atoms with Gasteiger partial charge in [-0.25, -0.2) is 4.79 Å². The van der Waals surface area contributed by atoms with Crippen LogP contribution in [0.15, 0.2) is 36.4 Å². The number of hydrogen-bond acceptors (Lipinski definition) is 5. The molecule has 0 bridgehead atoms. The Kier molecular flexibility index (Phi) is 5.33. The van der Waals surface area contributed by atoms with Gasteiger partial charge in [0, 0.05) is 5.02 Å². The normalized spacial score (nSPS) is 12.6. The summed E-state index contributed by atoms with van der Waals surface area (Å²) in [5.74, 6) is 1.12. The first-order chi connectivity index (χ1) is 11.6. The van der Waals surface area contributed by atoms with Gasteiger partial charge in [-0.05, 0) is 42.0 Å². The zero-order valence-corrected chi connectivity index (χ0v) is 14.1. The van der Waals surface area contributed by atoms with Crippen molar-refractivity contribution >= 4 is 29.2 Å². The molecule has 0 spiro atoms. The van der Waals surface area contributed by atoms with E-state index >= 15 is 0 Å². The van der Waals surface area contributed by atoms with Crippen molar-refractivity contribution in [2.45, 2.75) is 6.61 Å². The minimum Gasteiger partial charge on any atom is -0.486 e. The van der Waals surface area contributed by atoms with Gasteiger partial charge in [-0.1, -0.05) is 23.2 Å². The lowest BCUT2D eigenvalue weighted by Gasteiger charge is -2.20. The van der Waals surface area contributed by atoms with Crippen molar-refractivity contribution in [2.75, 3.05) is 19.8 Å². The van der Waals surface area contributed by atoms with Crippen LogP contribution in [0.25, 0.3) is 0 Å². The van der Waals surface area contributed by atoms with Crippen molar-refractivity contribution in [3.63, 3.8) is 0 Å². The van der Waals surface area contributed by atoms with Crippen LogP contribution in [-0.2, 0) is 16.1 Å². The molecule has 0 radical (unpaired) electrons. The van der Waals surface area contributed by atoms with Gasteiger partial charge < -0.3 is 18.9 Å². The van der Waals surface area contributed by atoms with Gasteiger partial charge in [0.15, 0.2) is 18.1 Å². The second-order valence-electron chi connectivity index (χ2n) is 5.01. The van der Waals surface area contributed by atoms with Crippen LogP contribution in [0.3, 0.4) is 0 Å². The topological polar surface area (TPSA) is 54.0 Å². The number of esters is 1. The molecular formula is C17H14Cl2O5. The van der Waals surface area contributed by atoms with Crippen LogP contribution < -0.4 is 14.2 Å². The van der Waals surface area contributed by atoms with Gasteiger partial charge in [-0.15, -0.1) is 0 Å². The molecule has 3 rings (SSSR count). The third kappa shape index (κ3) is 4.24. The molecule has 0 unspecified atom stereocenters. The predicted molar refractivity (Wildman–Crippen MR) is 89.2 cm³/mol. The van der Waals surface area contributed by atoms with Crippen molar-refractivity contribution in [3.8, 4) is 17.2 Å². The van der Waals surface area contributed by atoms with Gasteiger partial charge in [-0.3, -0.25) is 0 Å². The second kappa shape index (κ2) is 7.64. The molecule has 1 aliphatic heterocycles. The van der Waals surface area contributed by atoms with E-state index in [1.54, 1.807) is 36.4 Å². The van der Waals surface area contributed by atoms with E-state index in [-0.39, 0.29) is 13.2 Å². The van der Waals surface area contributed by atoms with Crippen LogP contribution in [0.1, 0.15) is 5.56 Å². The molecule has 1 heterocycles. The summed E-state index contributed by atoms with van der Waals surface area (Å²) in [5.41, 5.74) is 0.712. The fourth-order valence-corrected chi connectivity index (χ4v) is 2.54. The number of benzene rings is 2. The lowest BCUT2D eigenvalue weighted by molar-refractivity contribution is -0.147. The molecule has 0 aliphatic carbocycles. The van der Waals surface area contributed by atoms with Gasteiger partial charge in [-0.2, -0.15) is 0 Å². The van der Waals surface area contributed by atoms with E-state index in [0.717, 1.165) is 0 Å². The van der Waals surface area contributed by atoms with E-state index in [2.05, 4.69) is 0 Å². The Hall–Kier alpha value is -2.11. The van der Waals surface area contributed by atoms with Crippen LogP contribution in [0.4, 0.5) is 0 Å². The van der Waals surface area contributed by atoms with E-state index < -0.39 is 5.97 Å². The van der Waals surface area contributed by atoms with E-state index in [1.807, 2.05) is 0 Å². The molecule has 0 N–H and O–H groups in total. The SMILES string of the molecule is O=C(COc1ccc(Cl)cc1)OCc1cc(Cl)c2c(c1)OCCO2. The minimum absolute atomic E-state index is 0.0686. The predicted octanol–water partition coefficient (Wildman–Crippen LogP) is 3.89. The van der Waals surface area contributed by atoms with Gasteiger partial charge in [0.2, 0.25) is 0 Å². The van der Waals surface area contributed by atoms with Crippen LogP contribution >= 0.6 is 23.2 Å². The molecule has 0 atom stereocenters. The molecule has 0 fully saturated rings. The Bertz CT molecular complexity index is 731. The minimum atomic E-state index is -0.490. The lowest BCUT2D eigenvalue weighted by atomic mass is 10.2. The summed E-state index contributed by atoms with van der Waals surface area (Å²) in [6.45, 7) is 0.795. The Morgan fingerprint density at radius 2 is 1.83 bits per heavy atom. The van der Waals surface area contributed by atoms with Crippen LogP contribution in [0.5, 0.6) is 17.2 Å². The van der Waals surface area contributed by atoms with Crippen molar-refractivity contribution in [1.29, 1.82) is 0 Å². The number of ether oxygens (including phenoxy) is 4. The Morgan fingerprint density at radius 3 is 2.62 bits per heavy atom. The first kappa shape index (κ1) is 16.7. The summed E-state index contributed by atoms with van der Waals surface area (Å²) in [4.78, 5) is 11.8. The molecular weight excluding hydrogens is 355 g/mol. The van der Waals surface area contributed by atoms with E-state index in [4.69, 9.17) is 42.1 Å². The first-order valence-corrected chi connectivity index (χ1v) is 7.99. The maximum atomic E-state index is 11.8. The number of rotatable bonds is 5. The molecule has 2 aromatic carbocycles. The number of fused-ring (bicyclic) bond motifs is 1. The Morgan fingerprint density at radius 1 is 1.08 bits per heavy atom. The molecule has 24 heavy (non-hydrogen) atoms. The molecule has 1 aliphatic rings. The summed E-state index contributed by atoms with van der Waals surface area (Å²) in [5, 5.41) is 1.02. The maximum absolute atomic E-state index is 11.8. The average molecular weight is 369 g/mol. The summed E-state index contributed by atoms with van der Waals surface area (Å²) in [6.07, 6.45) is 0. The van der Waals surface area contributed by atoms with Crippen molar-refractivity contribution in [2.24, 2.45) is 0 Å². The summed E-state index contributed by atoms with van der Waals surface area (Å²) < 4.78 is 21.4. The monoisotopic (exact) mass is 368 g/mol. The molecule has 0 aromatic heterocycles. The second-order valence-corrected chi connectivity index (χ2v) is 5.85. The average Bonchev–Trinajstić information content (AvgIpc) is 2.59. The Balaban J connectivity index is 1.52. The van der Waals surface area contributed by atoms with Gasteiger partial charge in [0.1, 0.15) is 25.6 Å². The molecule has 5 nitrogen and oxygen atoms in total. The van der Waals surface area contributed by atoms with E-state index in [1.165, 1.54) is 0 Å². The molecule has 0 saturated carbocycles. The summed E-state index contributed by atoms with van der Waals surface area (Å²) >= 11 is 11.9. The number of hydrogen-bond donors (Lipinski definition) is 0. The molecule has 0 amide bonds. The fraction of sp³-hybridized carbons (Fsp3) is 0.235. The number of halogens is 2. The van der Waals surface area contributed by atoms with E-state index in [9.17, 15) is 4.79 Å².